The zero-order valence-electron chi connectivity index (χ0n) is 9.88. The first kappa shape index (κ1) is 13.4. The molecule has 0 radical (unpaired) electrons. The fraction of sp³-hybridized carbons (Fsp3) is 0.909. The molecular weight excluding hydrogens is 178 g/mol. The number of ether oxygens (including phenoxy) is 1. The molecule has 0 aromatic carbocycles. The predicted octanol–water partition coefficient (Wildman–Crippen LogP) is 2.06. The molecule has 0 fully saturated rings. The van der Waals surface area contributed by atoms with E-state index in [1.807, 2.05) is 0 Å². The fourth-order valence-electron chi connectivity index (χ4n) is 1.76. The first-order chi connectivity index (χ1) is 6.69. The van der Waals surface area contributed by atoms with Gasteiger partial charge in [-0.25, -0.2) is 0 Å². The first-order valence-corrected chi connectivity index (χ1v) is 5.50. The van der Waals surface area contributed by atoms with Crippen LogP contribution in [0.25, 0.3) is 0 Å². The summed E-state index contributed by atoms with van der Waals surface area (Å²) in [7, 11) is 1.45. The van der Waals surface area contributed by atoms with Crippen LogP contribution in [0.2, 0.25) is 0 Å². The van der Waals surface area contributed by atoms with E-state index in [0.717, 1.165) is 25.9 Å². The Labute approximate surface area is 87.4 Å². The number of nitrogens with zero attached hydrogens (tertiary/aromatic N) is 1. The van der Waals surface area contributed by atoms with Crippen LogP contribution in [0.5, 0.6) is 0 Å². The van der Waals surface area contributed by atoms with Crippen LogP contribution in [0.4, 0.5) is 0 Å². The van der Waals surface area contributed by atoms with Crippen molar-refractivity contribution in [3.05, 3.63) is 0 Å². The van der Waals surface area contributed by atoms with Gasteiger partial charge in [-0.1, -0.05) is 27.2 Å². The van der Waals surface area contributed by atoms with E-state index in [2.05, 4.69) is 25.7 Å². The molecule has 0 aliphatic rings. The van der Waals surface area contributed by atoms with Crippen molar-refractivity contribution < 1.29 is 9.53 Å². The van der Waals surface area contributed by atoms with E-state index in [4.69, 9.17) is 4.74 Å². The van der Waals surface area contributed by atoms with Crippen molar-refractivity contribution in [1.82, 2.24) is 4.90 Å². The van der Waals surface area contributed by atoms with Crippen LogP contribution in [0.3, 0.4) is 0 Å². The highest BCUT2D eigenvalue weighted by Gasteiger charge is 2.18. The Kier molecular flexibility index (Phi) is 7.48. The molecule has 0 bridgehead atoms. The van der Waals surface area contributed by atoms with Crippen molar-refractivity contribution in [2.75, 3.05) is 20.2 Å². The molecule has 1 atom stereocenters. The highest BCUT2D eigenvalue weighted by Crippen LogP contribution is 2.11. The van der Waals surface area contributed by atoms with E-state index in [-0.39, 0.29) is 5.97 Å². The van der Waals surface area contributed by atoms with Gasteiger partial charge in [0.25, 0.3) is 0 Å². The van der Waals surface area contributed by atoms with Crippen LogP contribution >= 0.6 is 0 Å². The van der Waals surface area contributed by atoms with Gasteiger partial charge in [-0.3, -0.25) is 4.79 Å². The first-order valence-electron chi connectivity index (χ1n) is 5.50. The third-order valence-electron chi connectivity index (χ3n) is 2.58. The van der Waals surface area contributed by atoms with Gasteiger partial charge in [-0.05, 0) is 19.5 Å². The van der Waals surface area contributed by atoms with E-state index in [9.17, 15) is 4.79 Å². The van der Waals surface area contributed by atoms with Crippen LogP contribution in [0, 0.1) is 0 Å². The van der Waals surface area contributed by atoms with Gasteiger partial charge in [0, 0.05) is 6.04 Å². The molecule has 0 N–H and O–H groups in total. The van der Waals surface area contributed by atoms with Crippen LogP contribution in [0.1, 0.15) is 40.0 Å². The second kappa shape index (κ2) is 7.80. The van der Waals surface area contributed by atoms with Gasteiger partial charge in [0.05, 0.1) is 13.5 Å². The Bertz CT molecular complexity index is 155. The average molecular weight is 201 g/mol. The minimum absolute atomic E-state index is 0.102. The molecule has 3 heteroatoms. The zero-order valence-corrected chi connectivity index (χ0v) is 9.88. The molecule has 0 heterocycles. The summed E-state index contributed by atoms with van der Waals surface area (Å²) in [6.07, 6.45) is 2.70. The Morgan fingerprint density at radius 2 is 1.86 bits per heavy atom. The summed E-state index contributed by atoms with van der Waals surface area (Å²) in [5.41, 5.74) is 0. The summed E-state index contributed by atoms with van der Waals surface area (Å²) in [6, 6.07) is 0.349. The van der Waals surface area contributed by atoms with E-state index in [1.165, 1.54) is 7.11 Å². The highest BCUT2D eigenvalue weighted by molar-refractivity contribution is 5.69. The molecule has 0 amide bonds. The van der Waals surface area contributed by atoms with Crippen molar-refractivity contribution in [1.29, 1.82) is 0 Å². The number of carbonyl (C=O) groups excluding carboxylic acids is 1. The van der Waals surface area contributed by atoms with E-state index >= 15 is 0 Å². The maximum Gasteiger partial charge on any atom is 0.307 e. The SMILES string of the molecule is CCCC(CC(=O)OC)N(CC)CC. The van der Waals surface area contributed by atoms with E-state index in [0.29, 0.717) is 12.5 Å². The molecule has 0 aromatic rings. The van der Waals surface area contributed by atoms with Crippen molar-refractivity contribution in [3.63, 3.8) is 0 Å². The summed E-state index contributed by atoms with van der Waals surface area (Å²) in [6.45, 7) is 8.40. The topological polar surface area (TPSA) is 29.5 Å². The van der Waals surface area contributed by atoms with Gasteiger partial charge >= 0.3 is 5.97 Å². The molecule has 3 nitrogen and oxygen atoms in total. The molecule has 0 aliphatic heterocycles. The lowest BCUT2D eigenvalue weighted by Crippen LogP contribution is -2.36. The largest absolute Gasteiger partial charge is 0.469 e. The summed E-state index contributed by atoms with van der Waals surface area (Å²) >= 11 is 0. The molecule has 0 saturated heterocycles. The molecule has 0 rings (SSSR count). The van der Waals surface area contributed by atoms with E-state index < -0.39 is 0 Å². The Hall–Kier alpha value is -0.570. The lowest BCUT2D eigenvalue weighted by molar-refractivity contribution is -0.142. The molecule has 1 unspecified atom stereocenters. The molecule has 0 aromatic heterocycles. The molecule has 0 saturated carbocycles. The molecular formula is C11H23NO2. The van der Waals surface area contributed by atoms with Crippen LogP contribution in [-0.2, 0) is 9.53 Å². The van der Waals surface area contributed by atoms with Gasteiger partial charge in [0.2, 0.25) is 0 Å². The van der Waals surface area contributed by atoms with Crippen LogP contribution in [0.15, 0.2) is 0 Å². The minimum Gasteiger partial charge on any atom is -0.469 e. The van der Waals surface area contributed by atoms with Gasteiger partial charge in [0.15, 0.2) is 0 Å². The van der Waals surface area contributed by atoms with Gasteiger partial charge in [0.1, 0.15) is 0 Å². The van der Waals surface area contributed by atoms with Crippen molar-refractivity contribution in [3.8, 4) is 0 Å². The number of carbonyl (C=O) groups is 1. The monoisotopic (exact) mass is 201 g/mol. The summed E-state index contributed by atoms with van der Waals surface area (Å²) < 4.78 is 4.70. The standard InChI is InChI=1S/C11H23NO2/c1-5-8-10(9-11(13)14-4)12(6-2)7-3/h10H,5-9H2,1-4H3. The van der Waals surface area contributed by atoms with Crippen LogP contribution in [-0.4, -0.2) is 37.1 Å². The van der Waals surface area contributed by atoms with Gasteiger partial charge in [-0.2, -0.15) is 0 Å². The molecule has 0 spiro atoms. The quantitative estimate of drug-likeness (QED) is 0.590. The molecule has 84 valence electrons. The zero-order chi connectivity index (χ0) is 11.0. The second-order valence-corrected chi connectivity index (χ2v) is 3.44. The van der Waals surface area contributed by atoms with Crippen LogP contribution < -0.4 is 0 Å². The average Bonchev–Trinajstić information content (AvgIpc) is 2.19. The third kappa shape index (κ3) is 4.61. The Balaban J connectivity index is 4.17. The minimum atomic E-state index is -0.102. The van der Waals surface area contributed by atoms with Crippen molar-refractivity contribution >= 4 is 5.97 Å². The second-order valence-electron chi connectivity index (χ2n) is 3.44. The summed E-state index contributed by atoms with van der Waals surface area (Å²) in [4.78, 5) is 13.5. The van der Waals surface area contributed by atoms with Crippen molar-refractivity contribution in [2.45, 2.75) is 46.1 Å². The number of hydrogen-bond acceptors (Lipinski definition) is 3. The number of esters is 1. The maximum absolute atomic E-state index is 11.2. The normalized spacial score (nSPS) is 12.9. The Morgan fingerprint density at radius 3 is 2.21 bits per heavy atom. The van der Waals surface area contributed by atoms with Crippen molar-refractivity contribution in [2.24, 2.45) is 0 Å². The smallest absolute Gasteiger partial charge is 0.307 e. The van der Waals surface area contributed by atoms with Gasteiger partial charge < -0.3 is 9.64 Å². The number of rotatable bonds is 7. The maximum atomic E-state index is 11.2. The van der Waals surface area contributed by atoms with E-state index in [1.54, 1.807) is 0 Å². The molecule has 0 aliphatic carbocycles. The number of hydrogen-bond donors (Lipinski definition) is 0. The fourth-order valence-corrected chi connectivity index (χ4v) is 1.76. The molecule has 14 heavy (non-hydrogen) atoms. The highest BCUT2D eigenvalue weighted by atomic mass is 16.5. The third-order valence-corrected chi connectivity index (χ3v) is 2.58. The predicted molar refractivity (Wildman–Crippen MR) is 58.3 cm³/mol. The summed E-state index contributed by atoms with van der Waals surface area (Å²) in [5, 5.41) is 0. The lowest BCUT2D eigenvalue weighted by atomic mass is 10.1. The number of methoxy groups -OCH3 is 1. The van der Waals surface area contributed by atoms with Gasteiger partial charge in [-0.15, -0.1) is 0 Å². The Morgan fingerprint density at radius 1 is 1.29 bits per heavy atom. The summed E-state index contributed by atoms with van der Waals surface area (Å²) in [5.74, 6) is -0.102. The lowest BCUT2D eigenvalue weighted by Gasteiger charge is -2.28.